The van der Waals surface area contributed by atoms with Crippen molar-refractivity contribution < 1.29 is 14.1 Å². The van der Waals surface area contributed by atoms with Gasteiger partial charge >= 0.3 is 0 Å². The van der Waals surface area contributed by atoms with Gasteiger partial charge in [-0.1, -0.05) is 28.9 Å². The van der Waals surface area contributed by atoms with Crippen LogP contribution in [0.1, 0.15) is 47.6 Å². The Balaban J connectivity index is 1.46. The minimum Gasteiger partial charge on any atom is -0.493 e. The lowest BCUT2D eigenvalue weighted by Crippen LogP contribution is -2.32. The molecule has 33 heavy (non-hydrogen) atoms. The van der Waals surface area contributed by atoms with E-state index >= 15 is 0 Å². The van der Waals surface area contributed by atoms with E-state index in [-0.39, 0.29) is 11.9 Å². The molecule has 1 amide bonds. The van der Waals surface area contributed by atoms with Gasteiger partial charge in [0, 0.05) is 6.54 Å². The first kappa shape index (κ1) is 20.9. The van der Waals surface area contributed by atoms with Crippen LogP contribution in [0, 0.1) is 6.92 Å². The van der Waals surface area contributed by atoms with Crippen LogP contribution in [0.25, 0.3) is 17.1 Å². The second-order valence-electron chi connectivity index (χ2n) is 7.88. The fourth-order valence-electron chi connectivity index (χ4n) is 4.17. The van der Waals surface area contributed by atoms with Crippen molar-refractivity contribution in [3.8, 4) is 22.9 Å². The van der Waals surface area contributed by atoms with E-state index in [1.54, 1.807) is 12.4 Å². The van der Waals surface area contributed by atoms with Crippen LogP contribution in [0.5, 0.6) is 5.75 Å². The van der Waals surface area contributed by atoms with Crippen LogP contribution in [0.15, 0.2) is 59.4 Å². The fourth-order valence-corrected chi connectivity index (χ4v) is 4.17. The highest BCUT2D eigenvalue weighted by Crippen LogP contribution is 2.35. The highest BCUT2D eigenvalue weighted by Gasteiger charge is 2.35. The SMILES string of the molecule is CCOc1ccccc1-c1nc([C@@H]2CCCN2C(=O)c2cc(C)ccc2-n2nccn2)no1. The number of amides is 1. The zero-order valence-corrected chi connectivity index (χ0v) is 18.5. The zero-order chi connectivity index (χ0) is 22.8. The van der Waals surface area contributed by atoms with Gasteiger partial charge in [0.15, 0.2) is 5.82 Å². The van der Waals surface area contributed by atoms with Crippen LogP contribution in [0.2, 0.25) is 0 Å². The topological polar surface area (TPSA) is 99.2 Å². The van der Waals surface area contributed by atoms with Gasteiger partial charge in [0.25, 0.3) is 11.8 Å². The average Bonchev–Trinajstić information content (AvgIpc) is 3.60. The van der Waals surface area contributed by atoms with Gasteiger partial charge < -0.3 is 14.2 Å². The van der Waals surface area contributed by atoms with Crippen LogP contribution in [-0.2, 0) is 0 Å². The van der Waals surface area contributed by atoms with Crippen molar-refractivity contribution >= 4 is 5.91 Å². The minimum absolute atomic E-state index is 0.102. The number of carbonyl (C=O) groups excluding carboxylic acids is 1. The molecule has 2 aromatic heterocycles. The summed E-state index contributed by atoms with van der Waals surface area (Å²) in [6.45, 7) is 5.03. The summed E-state index contributed by atoms with van der Waals surface area (Å²) in [5, 5.41) is 12.6. The molecule has 1 aliphatic heterocycles. The predicted octanol–water partition coefficient (Wildman–Crippen LogP) is 4.00. The van der Waals surface area contributed by atoms with Crippen molar-refractivity contribution in [2.75, 3.05) is 13.2 Å². The Morgan fingerprint density at radius 1 is 1.18 bits per heavy atom. The summed E-state index contributed by atoms with van der Waals surface area (Å²) in [7, 11) is 0. The second-order valence-corrected chi connectivity index (χ2v) is 7.88. The Morgan fingerprint density at radius 2 is 2.00 bits per heavy atom. The Labute approximate surface area is 191 Å². The van der Waals surface area contributed by atoms with Crippen LogP contribution in [0.3, 0.4) is 0 Å². The molecule has 0 saturated carbocycles. The monoisotopic (exact) mass is 444 g/mol. The average molecular weight is 444 g/mol. The number of benzene rings is 2. The van der Waals surface area contributed by atoms with Crippen molar-refractivity contribution in [2.24, 2.45) is 0 Å². The third-order valence-electron chi connectivity index (χ3n) is 5.69. The lowest BCUT2D eigenvalue weighted by atomic mass is 10.1. The fraction of sp³-hybridized carbons (Fsp3) is 0.292. The number of likely N-dealkylation sites (tertiary alicyclic amines) is 1. The summed E-state index contributed by atoms with van der Waals surface area (Å²) < 4.78 is 11.3. The molecule has 168 valence electrons. The van der Waals surface area contributed by atoms with E-state index in [0.717, 1.165) is 24.0 Å². The number of rotatable bonds is 6. The molecule has 0 radical (unpaired) electrons. The summed E-state index contributed by atoms with van der Waals surface area (Å²) in [4.78, 5) is 21.6. The van der Waals surface area contributed by atoms with Crippen molar-refractivity contribution in [1.82, 2.24) is 30.0 Å². The summed E-state index contributed by atoms with van der Waals surface area (Å²) in [6, 6.07) is 13.0. The van der Waals surface area contributed by atoms with E-state index in [0.29, 0.717) is 41.9 Å². The molecule has 2 aromatic carbocycles. The summed E-state index contributed by atoms with van der Waals surface area (Å²) in [5.41, 5.74) is 2.91. The quantitative estimate of drug-likeness (QED) is 0.443. The molecule has 4 aromatic rings. The Hall–Kier alpha value is -4.01. The first-order chi connectivity index (χ1) is 16.2. The highest BCUT2D eigenvalue weighted by atomic mass is 16.5. The maximum Gasteiger partial charge on any atom is 0.261 e. The molecular formula is C24H24N6O3. The molecule has 0 spiro atoms. The first-order valence-electron chi connectivity index (χ1n) is 11.0. The normalized spacial score (nSPS) is 15.7. The predicted molar refractivity (Wildman–Crippen MR) is 120 cm³/mol. The maximum atomic E-state index is 13.7. The largest absolute Gasteiger partial charge is 0.493 e. The minimum atomic E-state index is -0.270. The van der Waals surface area contributed by atoms with Gasteiger partial charge in [-0.25, -0.2) is 0 Å². The molecule has 1 fully saturated rings. The number of nitrogens with zero attached hydrogens (tertiary/aromatic N) is 6. The number of aryl methyl sites for hydroxylation is 1. The molecular weight excluding hydrogens is 420 g/mol. The van der Waals surface area contributed by atoms with Crippen molar-refractivity contribution in [1.29, 1.82) is 0 Å². The zero-order valence-electron chi connectivity index (χ0n) is 18.5. The summed E-state index contributed by atoms with van der Waals surface area (Å²) >= 11 is 0. The van der Waals surface area contributed by atoms with Crippen molar-refractivity contribution in [2.45, 2.75) is 32.7 Å². The number of hydrogen-bond donors (Lipinski definition) is 0. The molecule has 0 N–H and O–H groups in total. The molecule has 0 aliphatic carbocycles. The van der Waals surface area contributed by atoms with Crippen molar-refractivity contribution in [3.63, 3.8) is 0 Å². The van der Waals surface area contributed by atoms with E-state index in [4.69, 9.17) is 9.26 Å². The smallest absolute Gasteiger partial charge is 0.261 e. The van der Waals surface area contributed by atoms with E-state index in [9.17, 15) is 4.79 Å². The Kier molecular flexibility index (Phi) is 5.60. The Bertz CT molecular complexity index is 1270. The summed E-state index contributed by atoms with van der Waals surface area (Å²) in [6.07, 6.45) is 4.80. The molecule has 9 nitrogen and oxygen atoms in total. The second kappa shape index (κ2) is 8.85. The summed E-state index contributed by atoms with van der Waals surface area (Å²) in [5.74, 6) is 1.46. The third-order valence-corrected chi connectivity index (χ3v) is 5.69. The lowest BCUT2D eigenvalue weighted by Gasteiger charge is -2.23. The molecule has 1 atom stereocenters. The maximum absolute atomic E-state index is 13.7. The van der Waals surface area contributed by atoms with Crippen LogP contribution in [0.4, 0.5) is 0 Å². The van der Waals surface area contributed by atoms with Gasteiger partial charge in [0.2, 0.25) is 0 Å². The molecule has 5 rings (SSSR count). The van der Waals surface area contributed by atoms with Crippen LogP contribution < -0.4 is 4.74 Å². The number of aromatic nitrogens is 5. The van der Waals surface area contributed by atoms with Gasteiger partial charge in [-0.2, -0.15) is 20.0 Å². The van der Waals surface area contributed by atoms with Gasteiger partial charge in [-0.15, -0.1) is 0 Å². The third kappa shape index (κ3) is 3.97. The first-order valence-corrected chi connectivity index (χ1v) is 11.0. The van der Waals surface area contributed by atoms with Crippen LogP contribution in [-0.4, -0.2) is 49.1 Å². The molecule has 1 aliphatic rings. The van der Waals surface area contributed by atoms with Gasteiger partial charge in [-0.3, -0.25) is 4.79 Å². The van der Waals surface area contributed by atoms with Crippen LogP contribution >= 0.6 is 0 Å². The number of para-hydroxylation sites is 1. The van der Waals surface area contributed by atoms with E-state index in [1.807, 2.05) is 61.2 Å². The van der Waals surface area contributed by atoms with Gasteiger partial charge in [0.05, 0.1) is 41.9 Å². The van der Waals surface area contributed by atoms with E-state index in [2.05, 4.69) is 20.3 Å². The van der Waals surface area contributed by atoms with Gasteiger partial charge in [0.1, 0.15) is 5.75 Å². The number of carbonyl (C=O) groups is 1. The highest BCUT2D eigenvalue weighted by molar-refractivity contribution is 5.98. The molecule has 1 saturated heterocycles. The lowest BCUT2D eigenvalue weighted by molar-refractivity contribution is 0.0728. The number of hydrogen-bond acceptors (Lipinski definition) is 7. The molecule has 0 unspecified atom stereocenters. The molecule has 3 heterocycles. The standard InChI is InChI=1S/C24H24N6O3/c1-3-32-21-9-5-4-7-17(21)23-27-22(28-33-23)20-8-6-14-29(20)24(31)18-15-16(2)10-11-19(18)30-25-12-13-26-30/h4-5,7,9-13,15,20H,3,6,8,14H2,1-2H3/t20-/m0/s1. The Morgan fingerprint density at radius 3 is 2.82 bits per heavy atom. The molecule has 9 heteroatoms. The van der Waals surface area contributed by atoms with Gasteiger partial charge in [-0.05, 0) is 51.0 Å². The van der Waals surface area contributed by atoms with E-state index in [1.165, 1.54) is 4.80 Å². The van der Waals surface area contributed by atoms with Crippen molar-refractivity contribution in [3.05, 3.63) is 71.8 Å². The number of ether oxygens (including phenoxy) is 1. The van der Waals surface area contributed by atoms with E-state index < -0.39 is 0 Å². The molecule has 0 bridgehead atoms.